The zero-order valence-electron chi connectivity index (χ0n) is 17.7. The third-order valence-corrected chi connectivity index (χ3v) is 5.25. The monoisotopic (exact) mass is 423 g/mol. The van der Waals surface area contributed by atoms with Crippen molar-refractivity contribution in [3.8, 4) is 0 Å². The highest BCUT2D eigenvalue weighted by Crippen LogP contribution is 2.23. The van der Waals surface area contributed by atoms with Gasteiger partial charge in [-0.05, 0) is 63.3 Å². The Bertz CT molecular complexity index is 1050. The number of H-pyrrole nitrogens is 1. The average molecular weight is 423 g/mol. The van der Waals surface area contributed by atoms with Crippen molar-refractivity contribution < 1.29 is 9.18 Å². The van der Waals surface area contributed by atoms with Gasteiger partial charge in [-0.25, -0.2) is 19.2 Å². The molecule has 31 heavy (non-hydrogen) atoms. The largest absolute Gasteiger partial charge is 0.324 e. The number of piperidine rings is 1. The third-order valence-electron chi connectivity index (χ3n) is 5.25. The second kappa shape index (κ2) is 9.11. The van der Waals surface area contributed by atoms with E-state index in [0.717, 1.165) is 30.7 Å². The van der Waals surface area contributed by atoms with Gasteiger partial charge in [-0.3, -0.25) is 5.10 Å². The van der Waals surface area contributed by atoms with E-state index in [0.29, 0.717) is 42.2 Å². The first-order valence-electron chi connectivity index (χ1n) is 10.4. The maximum Gasteiger partial charge on any atom is 0.321 e. The van der Waals surface area contributed by atoms with Gasteiger partial charge in [0.05, 0.1) is 0 Å². The van der Waals surface area contributed by atoms with Gasteiger partial charge >= 0.3 is 6.03 Å². The number of carbonyl (C=O) groups is 1. The van der Waals surface area contributed by atoms with E-state index in [2.05, 4.69) is 30.8 Å². The second-order valence-electron chi connectivity index (χ2n) is 7.95. The summed E-state index contributed by atoms with van der Waals surface area (Å²) in [6.07, 6.45) is 2.73. The molecule has 1 aliphatic rings. The number of urea groups is 1. The minimum absolute atomic E-state index is 0.161. The topological polar surface area (TPSA) is 98.8 Å². The molecule has 0 spiro atoms. The number of hydrogen-bond acceptors (Lipinski definition) is 5. The summed E-state index contributed by atoms with van der Waals surface area (Å²) in [6, 6.07) is 9.49. The Hall–Kier alpha value is -3.49. The number of rotatable bonds is 5. The molecule has 1 aromatic carbocycles. The molecule has 3 aromatic rings. The standard InChI is InChI=1S/C22H26FN7O/c1-14-10-21(29-28-14)27-20-12-19(24-15(2)25-20)11-16-4-3-9-30(13-16)22(31)26-18-7-5-17(23)6-8-18/h5-8,10,12,16H,3-4,9,11,13H2,1-2H3,(H,26,31)(H2,24,25,27,28,29). The molecule has 8 nitrogen and oxygen atoms in total. The molecule has 3 heterocycles. The number of amides is 2. The molecule has 2 amide bonds. The molecule has 1 fully saturated rings. The van der Waals surface area contributed by atoms with Crippen LogP contribution in [0.25, 0.3) is 0 Å². The van der Waals surface area contributed by atoms with Gasteiger partial charge in [0.2, 0.25) is 0 Å². The van der Waals surface area contributed by atoms with E-state index in [1.54, 1.807) is 12.1 Å². The molecule has 1 saturated heterocycles. The lowest BCUT2D eigenvalue weighted by Gasteiger charge is -2.32. The molecule has 4 rings (SSSR count). The molecule has 1 unspecified atom stereocenters. The van der Waals surface area contributed by atoms with Crippen LogP contribution in [0.2, 0.25) is 0 Å². The highest BCUT2D eigenvalue weighted by Gasteiger charge is 2.24. The lowest BCUT2D eigenvalue weighted by molar-refractivity contribution is 0.177. The van der Waals surface area contributed by atoms with Crippen molar-refractivity contribution in [2.24, 2.45) is 5.92 Å². The number of benzene rings is 1. The maximum absolute atomic E-state index is 13.1. The van der Waals surface area contributed by atoms with Crippen LogP contribution in [0.4, 0.5) is 26.5 Å². The van der Waals surface area contributed by atoms with Crippen LogP contribution in [0, 0.1) is 25.6 Å². The quantitative estimate of drug-likeness (QED) is 0.572. The average Bonchev–Trinajstić information content (AvgIpc) is 3.14. The Morgan fingerprint density at radius 2 is 2.00 bits per heavy atom. The molecule has 2 aromatic heterocycles. The van der Waals surface area contributed by atoms with Crippen LogP contribution in [-0.2, 0) is 6.42 Å². The number of carbonyl (C=O) groups excluding carboxylic acids is 1. The number of hydrogen-bond donors (Lipinski definition) is 3. The van der Waals surface area contributed by atoms with E-state index >= 15 is 0 Å². The summed E-state index contributed by atoms with van der Waals surface area (Å²) >= 11 is 0. The number of halogens is 1. The Labute approximate surface area is 180 Å². The van der Waals surface area contributed by atoms with E-state index in [9.17, 15) is 9.18 Å². The number of likely N-dealkylation sites (tertiary alicyclic amines) is 1. The summed E-state index contributed by atoms with van der Waals surface area (Å²) < 4.78 is 13.1. The zero-order chi connectivity index (χ0) is 21.8. The predicted octanol–water partition coefficient (Wildman–Crippen LogP) is 4.19. The molecule has 3 N–H and O–H groups in total. The van der Waals surface area contributed by atoms with Crippen molar-refractivity contribution in [2.45, 2.75) is 33.1 Å². The first-order valence-corrected chi connectivity index (χ1v) is 10.4. The van der Waals surface area contributed by atoms with Gasteiger partial charge < -0.3 is 15.5 Å². The van der Waals surface area contributed by atoms with Crippen LogP contribution < -0.4 is 10.6 Å². The summed E-state index contributed by atoms with van der Waals surface area (Å²) in [6.45, 7) is 5.17. The first kappa shape index (κ1) is 20.8. The number of aromatic amines is 1. The van der Waals surface area contributed by atoms with Crippen molar-refractivity contribution in [3.05, 3.63) is 59.4 Å². The fraction of sp³-hybridized carbons (Fsp3) is 0.364. The number of anilines is 3. The van der Waals surface area contributed by atoms with E-state index in [-0.39, 0.29) is 11.8 Å². The van der Waals surface area contributed by atoms with E-state index in [4.69, 9.17) is 0 Å². The molecule has 0 aliphatic carbocycles. The zero-order valence-corrected chi connectivity index (χ0v) is 17.7. The molecule has 1 atom stereocenters. The minimum Gasteiger partial charge on any atom is -0.324 e. The van der Waals surface area contributed by atoms with Crippen molar-refractivity contribution >= 4 is 23.4 Å². The van der Waals surface area contributed by atoms with Gasteiger partial charge in [-0.15, -0.1) is 0 Å². The number of nitrogens with zero attached hydrogens (tertiary/aromatic N) is 4. The SMILES string of the molecule is Cc1nc(CC2CCCN(C(=O)Nc3ccc(F)cc3)C2)cc(Nc2cc(C)[nH]n2)n1. The van der Waals surface area contributed by atoms with Crippen molar-refractivity contribution in [2.75, 3.05) is 23.7 Å². The van der Waals surface area contributed by atoms with Gasteiger partial charge in [0.15, 0.2) is 5.82 Å². The van der Waals surface area contributed by atoms with Crippen LogP contribution in [0.5, 0.6) is 0 Å². The highest BCUT2D eigenvalue weighted by atomic mass is 19.1. The second-order valence-corrected chi connectivity index (χ2v) is 7.95. The molecule has 0 bridgehead atoms. The van der Waals surface area contributed by atoms with Crippen molar-refractivity contribution in [1.82, 2.24) is 25.1 Å². The number of nitrogens with one attached hydrogen (secondary N) is 3. The first-order chi connectivity index (χ1) is 14.9. The van der Waals surface area contributed by atoms with Gasteiger partial charge in [-0.2, -0.15) is 5.10 Å². The van der Waals surface area contributed by atoms with Crippen LogP contribution in [0.15, 0.2) is 36.4 Å². The number of aryl methyl sites for hydroxylation is 2. The van der Waals surface area contributed by atoms with Crippen LogP contribution >= 0.6 is 0 Å². The molecular weight excluding hydrogens is 397 g/mol. The number of aromatic nitrogens is 4. The van der Waals surface area contributed by atoms with Crippen LogP contribution in [0.1, 0.15) is 30.1 Å². The van der Waals surface area contributed by atoms with E-state index in [1.165, 1.54) is 12.1 Å². The van der Waals surface area contributed by atoms with E-state index < -0.39 is 0 Å². The maximum atomic E-state index is 13.1. The molecule has 0 radical (unpaired) electrons. The molecular formula is C22H26FN7O. The van der Waals surface area contributed by atoms with Crippen molar-refractivity contribution in [3.63, 3.8) is 0 Å². The van der Waals surface area contributed by atoms with Crippen LogP contribution in [0.3, 0.4) is 0 Å². The highest BCUT2D eigenvalue weighted by molar-refractivity contribution is 5.89. The molecule has 0 saturated carbocycles. The van der Waals surface area contributed by atoms with Gasteiger partial charge in [0.1, 0.15) is 17.5 Å². The Balaban J connectivity index is 1.38. The fourth-order valence-corrected chi connectivity index (χ4v) is 3.86. The smallest absolute Gasteiger partial charge is 0.321 e. The van der Waals surface area contributed by atoms with Crippen molar-refractivity contribution in [1.29, 1.82) is 0 Å². The Morgan fingerprint density at radius 1 is 1.19 bits per heavy atom. The summed E-state index contributed by atoms with van der Waals surface area (Å²) in [5.41, 5.74) is 2.49. The lowest BCUT2D eigenvalue weighted by Crippen LogP contribution is -2.42. The minimum atomic E-state index is -0.326. The summed E-state index contributed by atoms with van der Waals surface area (Å²) in [7, 11) is 0. The summed E-state index contributed by atoms with van der Waals surface area (Å²) in [4.78, 5) is 23.5. The van der Waals surface area contributed by atoms with Gasteiger partial charge in [0, 0.05) is 42.3 Å². The Kier molecular flexibility index (Phi) is 6.11. The van der Waals surface area contributed by atoms with Gasteiger partial charge in [0.25, 0.3) is 0 Å². The summed E-state index contributed by atoms with van der Waals surface area (Å²) in [5, 5.41) is 13.1. The van der Waals surface area contributed by atoms with E-state index in [1.807, 2.05) is 30.9 Å². The summed E-state index contributed by atoms with van der Waals surface area (Å²) in [5.74, 6) is 2.09. The third kappa shape index (κ3) is 5.56. The Morgan fingerprint density at radius 3 is 2.74 bits per heavy atom. The molecule has 9 heteroatoms. The molecule has 162 valence electrons. The molecule has 1 aliphatic heterocycles. The lowest BCUT2D eigenvalue weighted by atomic mass is 9.93. The predicted molar refractivity (Wildman–Crippen MR) is 117 cm³/mol. The van der Waals surface area contributed by atoms with Crippen LogP contribution in [-0.4, -0.2) is 44.2 Å². The normalized spacial score (nSPS) is 16.2. The fourth-order valence-electron chi connectivity index (χ4n) is 3.86. The van der Waals surface area contributed by atoms with Gasteiger partial charge in [-0.1, -0.05) is 0 Å².